The number of carboxylic acid groups (broad SMARTS) is 1. The molecule has 2 rings (SSSR count). The standard InChI is InChI=1S/C15H26N2O3/c1-4-15(13(18)19)7-9-16(10-15)14(20)17-8-5-6-11(2)12(17)3/h11-12H,4-10H2,1-3H3,(H,18,19). The maximum absolute atomic E-state index is 12.6. The van der Waals surface area contributed by atoms with Crippen molar-refractivity contribution in [2.75, 3.05) is 19.6 Å². The number of urea groups is 1. The fourth-order valence-electron chi connectivity index (χ4n) is 3.44. The number of carboxylic acids is 1. The van der Waals surface area contributed by atoms with Crippen molar-refractivity contribution in [1.29, 1.82) is 0 Å². The van der Waals surface area contributed by atoms with Crippen LogP contribution >= 0.6 is 0 Å². The van der Waals surface area contributed by atoms with Crippen LogP contribution in [-0.4, -0.2) is 52.6 Å². The van der Waals surface area contributed by atoms with Crippen LogP contribution in [0.25, 0.3) is 0 Å². The first-order valence-electron chi connectivity index (χ1n) is 7.70. The third-order valence-electron chi connectivity index (χ3n) is 5.37. The zero-order valence-corrected chi connectivity index (χ0v) is 12.8. The second-order valence-electron chi connectivity index (χ2n) is 6.45. The Bertz CT molecular complexity index is 399. The zero-order valence-electron chi connectivity index (χ0n) is 12.8. The van der Waals surface area contributed by atoms with Crippen molar-refractivity contribution in [1.82, 2.24) is 9.80 Å². The molecule has 5 heteroatoms. The molecule has 2 amide bonds. The van der Waals surface area contributed by atoms with Gasteiger partial charge in [0.15, 0.2) is 0 Å². The Balaban J connectivity index is 2.06. The van der Waals surface area contributed by atoms with Crippen LogP contribution in [0.3, 0.4) is 0 Å². The summed E-state index contributed by atoms with van der Waals surface area (Å²) in [6.45, 7) is 7.90. The number of amides is 2. The lowest BCUT2D eigenvalue weighted by atomic mass is 9.84. The van der Waals surface area contributed by atoms with Gasteiger partial charge < -0.3 is 14.9 Å². The molecule has 3 unspecified atom stereocenters. The lowest BCUT2D eigenvalue weighted by Gasteiger charge is -2.40. The fourth-order valence-corrected chi connectivity index (χ4v) is 3.44. The second kappa shape index (κ2) is 5.62. The Morgan fingerprint density at radius 3 is 2.55 bits per heavy atom. The van der Waals surface area contributed by atoms with Crippen LogP contribution in [0.1, 0.15) is 46.5 Å². The molecule has 0 aromatic carbocycles. The van der Waals surface area contributed by atoms with E-state index in [1.807, 2.05) is 11.8 Å². The minimum atomic E-state index is -0.768. The van der Waals surface area contributed by atoms with Crippen molar-refractivity contribution < 1.29 is 14.7 Å². The highest BCUT2D eigenvalue weighted by molar-refractivity contribution is 5.80. The van der Waals surface area contributed by atoms with Crippen LogP contribution in [0, 0.1) is 11.3 Å². The summed E-state index contributed by atoms with van der Waals surface area (Å²) in [6, 6.07) is 0.276. The van der Waals surface area contributed by atoms with E-state index in [2.05, 4.69) is 13.8 Å². The van der Waals surface area contributed by atoms with Crippen LogP contribution in [0.4, 0.5) is 4.79 Å². The van der Waals surface area contributed by atoms with Crippen molar-refractivity contribution in [3.63, 3.8) is 0 Å². The largest absolute Gasteiger partial charge is 0.481 e. The molecular formula is C15H26N2O3. The van der Waals surface area contributed by atoms with Gasteiger partial charge in [0.2, 0.25) is 0 Å². The SMILES string of the molecule is CCC1(C(=O)O)CCN(C(=O)N2CCCC(C)C2C)C1. The molecule has 2 saturated heterocycles. The first-order valence-corrected chi connectivity index (χ1v) is 7.70. The monoisotopic (exact) mass is 282 g/mol. The number of aliphatic carboxylic acids is 1. The summed E-state index contributed by atoms with van der Waals surface area (Å²) in [6.07, 6.45) is 3.36. The minimum Gasteiger partial charge on any atom is -0.481 e. The summed E-state index contributed by atoms with van der Waals surface area (Å²) >= 11 is 0. The second-order valence-corrected chi connectivity index (χ2v) is 6.45. The zero-order chi connectivity index (χ0) is 14.9. The van der Waals surface area contributed by atoms with Crippen LogP contribution in [0.2, 0.25) is 0 Å². The molecule has 2 aliphatic rings. The summed E-state index contributed by atoms with van der Waals surface area (Å²) in [4.78, 5) is 27.8. The first-order chi connectivity index (χ1) is 9.41. The average Bonchev–Trinajstić information content (AvgIpc) is 2.87. The van der Waals surface area contributed by atoms with E-state index in [4.69, 9.17) is 0 Å². The van der Waals surface area contributed by atoms with Gasteiger partial charge in [-0.3, -0.25) is 4.79 Å². The van der Waals surface area contributed by atoms with Crippen LogP contribution in [-0.2, 0) is 4.79 Å². The molecule has 0 aliphatic carbocycles. The van der Waals surface area contributed by atoms with E-state index in [9.17, 15) is 14.7 Å². The quantitative estimate of drug-likeness (QED) is 0.846. The van der Waals surface area contributed by atoms with E-state index in [0.717, 1.165) is 13.0 Å². The molecule has 114 valence electrons. The molecule has 2 heterocycles. The van der Waals surface area contributed by atoms with Gasteiger partial charge in [-0.15, -0.1) is 0 Å². The Labute approximate surface area is 120 Å². The first kappa shape index (κ1) is 15.1. The number of hydrogen-bond donors (Lipinski definition) is 1. The van der Waals surface area contributed by atoms with Crippen LogP contribution in [0.15, 0.2) is 0 Å². The maximum Gasteiger partial charge on any atom is 0.320 e. The molecule has 5 nitrogen and oxygen atoms in total. The summed E-state index contributed by atoms with van der Waals surface area (Å²) in [7, 11) is 0. The average molecular weight is 282 g/mol. The Morgan fingerprint density at radius 1 is 1.30 bits per heavy atom. The number of carbonyl (C=O) groups is 2. The van der Waals surface area contributed by atoms with E-state index in [-0.39, 0.29) is 12.1 Å². The van der Waals surface area contributed by atoms with E-state index in [1.54, 1.807) is 4.90 Å². The molecular weight excluding hydrogens is 256 g/mol. The summed E-state index contributed by atoms with van der Waals surface area (Å²) in [5.74, 6) is -0.249. The molecule has 2 aliphatic heterocycles. The van der Waals surface area contributed by atoms with E-state index in [1.165, 1.54) is 6.42 Å². The lowest BCUT2D eigenvalue weighted by Crippen LogP contribution is -2.51. The summed E-state index contributed by atoms with van der Waals surface area (Å²) < 4.78 is 0. The van der Waals surface area contributed by atoms with Crippen molar-refractivity contribution in [3.8, 4) is 0 Å². The van der Waals surface area contributed by atoms with Crippen molar-refractivity contribution >= 4 is 12.0 Å². The van der Waals surface area contributed by atoms with Gasteiger partial charge in [0.1, 0.15) is 0 Å². The molecule has 0 saturated carbocycles. The minimum absolute atomic E-state index is 0.0284. The summed E-state index contributed by atoms with van der Waals surface area (Å²) in [5, 5.41) is 9.42. The van der Waals surface area contributed by atoms with Gasteiger partial charge in [0.25, 0.3) is 0 Å². The molecule has 20 heavy (non-hydrogen) atoms. The number of hydrogen-bond acceptors (Lipinski definition) is 2. The topological polar surface area (TPSA) is 60.9 Å². The third-order valence-corrected chi connectivity index (χ3v) is 5.37. The molecule has 1 N–H and O–H groups in total. The maximum atomic E-state index is 12.6. The number of carbonyl (C=O) groups excluding carboxylic acids is 1. The van der Waals surface area contributed by atoms with Crippen molar-refractivity contribution in [3.05, 3.63) is 0 Å². The van der Waals surface area contributed by atoms with Gasteiger partial charge in [-0.05, 0) is 38.5 Å². The third kappa shape index (κ3) is 2.50. The number of rotatable bonds is 2. The molecule has 0 aromatic rings. The molecule has 0 aromatic heterocycles. The van der Waals surface area contributed by atoms with Crippen molar-refractivity contribution in [2.24, 2.45) is 11.3 Å². The predicted octanol–water partition coefficient (Wildman–Crippen LogP) is 2.41. The molecule has 0 radical (unpaired) electrons. The molecule has 0 spiro atoms. The highest BCUT2D eigenvalue weighted by Gasteiger charge is 2.46. The highest BCUT2D eigenvalue weighted by atomic mass is 16.4. The fraction of sp³-hybridized carbons (Fsp3) is 0.867. The van der Waals surface area contributed by atoms with E-state index >= 15 is 0 Å². The van der Waals surface area contributed by atoms with Crippen LogP contribution < -0.4 is 0 Å². The van der Waals surface area contributed by atoms with Gasteiger partial charge in [0, 0.05) is 25.7 Å². The van der Waals surface area contributed by atoms with Gasteiger partial charge in [0.05, 0.1) is 5.41 Å². The highest BCUT2D eigenvalue weighted by Crippen LogP contribution is 2.35. The molecule has 2 fully saturated rings. The van der Waals surface area contributed by atoms with Gasteiger partial charge in [-0.25, -0.2) is 4.79 Å². The number of nitrogens with zero attached hydrogens (tertiary/aromatic N) is 2. The summed E-state index contributed by atoms with van der Waals surface area (Å²) in [5.41, 5.74) is -0.736. The normalized spacial score (nSPS) is 34.4. The number of likely N-dealkylation sites (tertiary alicyclic amines) is 2. The van der Waals surface area contributed by atoms with Gasteiger partial charge >= 0.3 is 12.0 Å². The van der Waals surface area contributed by atoms with Gasteiger partial charge in [-0.1, -0.05) is 13.8 Å². The predicted molar refractivity (Wildman–Crippen MR) is 76.5 cm³/mol. The Kier molecular flexibility index (Phi) is 4.25. The van der Waals surface area contributed by atoms with E-state index < -0.39 is 11.4 Å². The van der Waals surface area contributed by atoms with E-state index in [0.29, 0.717) is 31.8 Å². The number of piperidine rings is 1. The van der Waals surface area contributed by atoms with Crippen molar-refractivity contribution in [2.45, 2.75) is 52.5 Å². The molecule has 0 bridgehead atoms. The smallest absolute Gasteiger partial charge is 0.320 e. The van der Waals surface area contributed by atoms with Gasteiger partial charge in [-0.2, -0.15) is 0 Å². The lowest BCUT2D eigenvalue weighted by molar-refractivity contribution is -0.148. The van der Waals surface area contributed by atoms with Crippen LogP contribution in [0.5, 0.6) is 0 Å². The molecule has 3 atom stereocenters. The Hall–Kier alpha value is -1.26. The Morgan fingerprint density at radius 2 is 2.00 bits per heavy atom.